The number of hydrogen-bond donors (Lipinski definition) is 0. The van der Waals surface area contributed by atoms with E-state index in [0.29, 0.717) is 40.1 Å². The number of quaternary nitrogens is 1. The van der Waals surface area contributed by atoms with Crippen LogP contribution in [0.4, 0.5) is 36.8 Å². The minimum Gasteiger partial charge on any atom is -0.267 e. The van der Waals surface area contributed by atoms with Crippen molar-refractivity contribution in [3.05, 3.63) is 66.4 Å². The van der Waals surface area contributed by atoms with Crippen LogP contribution in [-0.2, 0) is 30.8 Å². The molecule has 9 nitrogen and oxygen atoms in total. The Bertz CT molecular complexity index is 1590. The highest BCUT2D eigenvalue weighted by Crippen LogP contribution is 2.38. The first-order chi connectivity index (χ1) is 18.0. The number of aromatic nitrogens is 1. The number of pyridine rings is 1. The summed E-state index contributed by atoms with van der Waals surface area (Å²) in [6, 6.07) is 6.86. The number of carbonyl (C=O) groups excluding carboxylic acids is 3. The standard InChI is InChI=1S/C23H16F6N3O6S/c1-13-19(33)31(15-6-8-16(9-7-15)39(36,37)23(27,28)29)21(35)32(13,38-20(34)22(24,25)26)12-14-10-11-30-18-5-3-2-4-17(14)18/h2-11,13H,12H2,1H3/q+1. The van der Waals surface area contributed by atoms with Gasteiger partial charge in [0.2, 0.25) is 6.04 Å². The van der Waals surface area contributed by atoms with Crippen LogP contribution in [0.15, 0.2) is 65.7 Å². The van der Waals surface area contributed by atoms with Crippen molar-refractivity contribution in [3.8, 4) is 0 Å². The Morgan fingerprint density at radius 2 is 1.62 bits per heavy atom. The SMILES string of the molecule is CC1C(=O)N(c2ccc(S(=O)(=O)C(F)(F)F)cc2)C(=O)[N+]1(Cc1ccnc2ccccc12)OC(=O)C(F)(F)F. The number of hydrogen-bond acceptors (Lipinski definition) is 7. The summed E-state index contributed by atoms with van der Waals surface area (Å²) >= 11 is 0. The largest absolute Gasteiger partial charge is 0.501 e. The lowest BCUT2D eigenvalue weighted by molar-refractivity contribution is -1.04. The fourth-order valence-electron chi connectivity index (χ4n) is 4.04. The van der Waals surface area contributed by atoms with Crippen LogP contribution in [0.1, 0.15) is 12.5 Å². The van der Waals surface area contributed by atoms with Gasteiger partial charge in [-0.2, -0.15) is 31.2 Å². The van der Waals surface area contributed by atoms with E-state index in [1.165, 1.54) is 12.3 Å². The lowest BCUT2D eigenvalue weighted by Crippen LogP contribution is -2.57. The van der Waals surface area contributed by atoms with Crippen LogP contribution in [-0.4, -0.2) is 53.7 Å². The zero-order valence-electron chi connectivity index (χ0n) is 19.5. The van der Waals surface area contributed by atoms with Crippen molar-refractivity contribution in [1.82, 2.24) is 4.98 Å². The second-order valence-electron chi connectivity index (χ2n) is 8.39. The highest BCUT2D eigenvalue weighted by atomic mass is 32.2. The first kappa shape index (κ1) is 28.0. The van der Waals surface area contributed by atoms with Crippen molar-refractivity contribution < 1.29 is 58.6 Å². The van der Waals surface area contributed by atoms with Crippen LogP contribution < -0.4 is 4.90 Å². The zero-order valence-corrected chi connectivity index (χ0v) is 20.3. The summed E-state index contributed by atoms with van der Waals surface area (Å²) in [6.45, 7) is 0.295. The number of halogens is 6. The second-order valence-corrected chi connectivity index (χ2v) is 10.3. The Hall–Kier alpha value is -4.05. The lowest BCUT2D eigenvalue weighted by atomic mass is 10.1. The second kappa shape index (κ2) is 9.30. The molecular weight excluding hydrogens is 560 g/mol. The Morgan fingerprint density at radius 3 is 2.21 bits per heavy atom. The first-order valence-corrected chi connectivity index (χ1v) is 12.3. The maximum Gasteiger partial charge on any atom is 0.501 e. The molecule has 1 aromatic heterocycles. The molecule has 39 heavy (non-hydrogen) atoms. The van der Waals surface area contributed by atoms with Crippen LogP contribution in [0.3, 0.4) is 0 Å². The number of amides is 3. The van der Waals surface area contributed by atoms with E-state index in [0.717, 1.165) is 6.92 Å². The molecule has 4 rings (SSSR count). The third-order valence-corrected chi connectivity index (χ3v) is 7.55. The first-order valence-electron chi connectivity index (χ1n) is 10.8. The molecule has 2 heterocycles. The van der Waals surface area contributed by atoms with Crippen LogP contribution in [0.5, 0.6) is 0 Å². The van der Waals surface area contributed by atoms with Crippen molar-refractivity contribution in [2.75, 3.05) is 4.90 Å². The Kier molecular flexibility index (Phi) is 6.67. The molecule has 1 aliphatic rings. The van der Waals surface area contributed by atoms with Gasteiger partial charge in [-0.3, -0.25) is 14.6 Å². The summed E-state index contributed by atoms with van der Waals surface area (Å²) < 4.78 is 99.8. The molecule has 1 saturated heterocycles. The van der Waals surface area contributed by atoms with Crippen LogP contribution in [0, 0.1) is 0 Å². The van der Waals surface area contributed by atoms with Gasteiger partial charge in [0.15, 0.2) is 6.54 Å². The fraction of sp³-hybridized carbons (Fsp3) is 0.217. The van der Waals surface area contributed by atoms with E-state index in [9.17, 15) is 49.1 Å². The number of carbonyl (C=O) groups is 3. The third kappa shape index (κ3) is 4.69. The number of hydroxylamine groups is 3. The molecule has 2 aromatic carbocycles. The Labute approximate surface area is 215 Å². The van der Waals surface area contributed by atoms with E-state index in [2.05, 4.69) is 9.82 Å². The van der Waals surface area contributed by atoms with E-state index >= 15 is 0 Å². The number of anilines is 1. The van der Waals surface area contributed by atoms with E-state index in [1.807, 2.05) is 0 Å². The molecule has 206 valence electrons. The van der Waals surface area contributed by atoms with Crippen molar-refractivity contribution in [3.63, 3.8) is 0 Å². The van der Waals surface area contributed by atoms with E-state index < -0.39 is 67.2 Å². The van der Waals surface area contributed by atoms with Gasteiger partial charge in [-0.25, -0.2) is 18.0 Å². The molecule has 3 aromatic rings. The summed E-state index contributed by atoms with van der Waals surface area (Å²) in [5.41, 5.74) is -5.51. The highest BCUT2D eigenvalue weighted by Gasteiger charge is 2.65. The molecule has 3 amide bonds. The Morgan fingerprint density at radius 1 is 1.00 bits per heavy atom. The molecular formula is C23H16F6N3O6S+. The molecule has 0 radical (unpaired) electrons. The quantitative estimate of drug-likeness (QED) is 0.251. The molecule has 0 spiro atoms. The van der Waals surface area contributed by atoms with Gasteiger partial charge < -0.3 is 0 Å². The minimum absolute atomic E-state index is 0.192. The summed E-state index contributed by atoms with van der Waals surface area (Å²) in [6.07, 6.45) is -4.25. The van der Waals surface area contributed by atoms with Gasteiger partial charge in [0.25, 0.3) is 9.84 Å². The molecule has 2 atom stereocenters. The number of urea groups is 1. The van der Waals surface area contributed by atoms with E-state index in [1.54, 1.807) is 24.3 Å². The molecule has 1 fully saturated rings. The zero-order chi connectivity index (χ0) is 29.0. The fourth-order valence-corrected chi connectivity index (χ4v) is 4.80. The predicted molar refractivity (Wildman–Crippen MR) is 120 cm³/mol. The maximum absolute atomic E-state index is 13.6. The predicted octanol–water partition coefficient (Wildman–Crippen LogP) is 4.42. The van der Waals surface area contributed by atoms with E-state index in [-0.39, 0.29) is 5.56 Å². The molecule has 0 N–H and O–H groups in total. The van der Waals surface area contributed by atoms with Crippen LogP contribution in [0.25, 0.3) is 10.9 Å². The summed E-state index contributed by atoms with van der Waals surface area (Å²) in [5.74, 6) is -3.91. The molecule has 0 saturated carbocycles. The smallest absolute Gasteiger partial charge is 0.267 e. The van der Waals surface area contributed by atoms with Crippen LogP contribution >= 0.6 is 0 Å². The van der Waals surface area contributed by atoms with Gasteiger partial charge in [-0.1, -0.05) is 18.2 Å². The molecule has 2 unspecified atom stereocenters. The monoisotopic (exact) mass is 576 g/mol. The number of imide groups is 1. The number of para-hydroxylation sites is 1. The normalized spacial score (nSPS) is 20.5. The molecule has 0 aliphatic carbocycles. The van der Waals surface area contributed by atoms with Gasteiger partial charge in [0.1, 0.15) is 0 Å². The average molecular weight is 576 g/mol. The summed E-state index contributed by atoms with van der Waals surface area (Å²) in [4.78, 5) is 46.6. The van der Waals surface area contributed by atoms with Crippen molar-refractivity contribution in [1.29, 1.82) is 0 Å². The van der Waals surface area contributed by atoms with Gasteiger partial charge in [0, 0.05) is 24.1 Å². The van der Waals surface area contributed by atoms with Crippen molar-refractivity contribution in [2.45, 2.75) is 36.1 Å². The van der Waals surface area contributed by atoms with E-state index in [4.69, 9.17) is 0 Å². The summed E-state index contributed by atoms with van der Waals surface area (Å²) in [5, 5.41) is 0.383. The topological polar surface area (TPSA) is 111 Å². The number of alkyl halides is 6. The van der Waals surface area contributed by atoms with Crippen molar-refractivity contribution >= 4 is 44.3 Å². The number of nitrogens with zero attached hydrogens (tertiary/aromatic N) is 3. The number of benzene rings is 2. The minimum atomic E-state index is -5.76. The Balaban J connectivity index is 1.81. The van der Waals surface area contributed by atoms with Gasteiger partial charge in [0.05, 0.1) is 16.1 Å². The molecule has 16 heteroatoms. The summed E-state index contributed by atoms with van der Waals surface area (Å²) in [7, 11) is -5.76. The highest BCUT2D eigenvalue weighted by molar-refractivity contribution is 7.92. The number of sulfone groups is 1. The van der Waals surface area contributed by atoms with Gasteiger partial charge in [-0.15, -0.1) is 0 Å². The lowest BCUT2D eigenvalue weighted by Gasteiger charge is -2.30. The number of fused-ring (bicyclic) bond motifs is 1. The van der Waals surface area contributed by atoms with Crippen molar-refractivity contribution in [2.24, 2.45) is 0 Å². The van der Waals surface area contributed by atoms with Gasteiger partial charge in [-0.05, 0) is 41.0 Å². The van der Waals surface area contributed by atoms with Gasteiger partial charge >= 0.3 is 29.6 Å². The molecule has 0 bridgehead atoms. The average Bonchev–Trinajstić information content (AvgIpc) is 3.03. The number of rotatable bonds is 5. The third-order valence-electron chi connectivity index (χ3n) is 6.05. The van der Waals surface area contributed by atoms with Crippen LogP contribution in [0.2, 0.25) is 0 Å². The molecule has 1 aliphatic heterocycles. The maximum atomic E-state index is 13.6.